The molecule has 2 atom stereocenters. The van der Waals surface area contributed by atoms with Gasteiger partial charge >= 0.3 is 5.97 Å². The molecule has 1 aromatic carbocycles. The smallest absolute Gasteiger partial charge is 0.307 e. The van der Waals surface area contributed by atoms with Gasteiger partial charge in [0.2, 0.25) is 6.79 Å². The second-order valence-corrected chi connectivity index (χ2v) is 5.39. The van der Waals surface area contributed by atoms with Gasteiger partial charge in [0.05, 0.1) is 5.92 Å². The summed E-state index contributed by atoms with van der Waals surface area (Å²) in [6.45, 7) is 0.249. The summed E-state index contributed by atoms with van der Waals surface area (Å²) in [6.07, 6.45) is 0.735. The van der Waals surface area contributed by atoms with E-state index in [1.54, 1.807) is 11.8 Å². The number of rotatable bonds is 2. The van der Waals surface area contributed by atoms with Crippen molar-refractivity contribution in [2.45, 2.75) is 11.7 Å². The Bertz CT molecular complexity index is 460. The Hall–Kier alpha value is -1.36. The van der Waals surface area contributed by atoms with E-state index in [0.29, 0.717) is 0 Å². The molecule has 5 heteroatoms. The predicted octanol–water partition coefficient (Wildman–Crippen LogP) is 2.29. The van der Waals surface area contributed by atoms with Crippen LogP contribution < -0.4 is 9.47 Å². The first-order chi connectivity index (χ1) is 8.25. The Kier molecular flexibility index (Phi) is 2.63. The summed E-state index contributed by atoms with van der Waals surface area (Å²) in [7, 11) is 0. The third-order valence-corrected chi connectivity index (χ3v) is 4.57. The molecule has 1 saturated heterocycles. The zero-order valence-electron chi connectivity index (χ0n) is 9.09. The van der Waals surface area contributed by atoms with Crippen LogP contribution in [0.4, 0.5) is 0 Å². The molecule has 0 aromatic heterocycles. The van der Waals surface area contributed by atoms with Crippen LogP contribution in [0.2, 0.25) is 0 Å². The van der Waals surface area contributed by atoms with Crippen LogP contribution in [0.25, 0.3) is 0 Å². The van der Waals surface area contributed by atoms with Crippen molar-refractivity contribution < 1.29 is 19.4 Å². The zero-order chi connectivity index (χ0) is 11.8. The summed E-state index contributed by atoms with van der Waals surface area (Å²) in [5.74, 6) is 1.36. The van der Waals surface area contributed by atoms with E-state index in [0.717, 1.165) is 29.2 Å². The molecule has 0 aliphatic carbocycles. The lowest BCUT2D eigenvalue weighted by atomic mass is 9.96. The van der Waals surface area contributed by atoms with Gasteiger partial charge in [0, 0.05) is 5.25 Å². The third kappa shape index (κ3) is 1.84. The van der Waals surface area contributed by atoms with Gasteiger partial charge in [0.1, 0.15) is 0 Å². The summed E-state index contributed by atoms with van der Waals surface area (Å²) in [6, 6.07) is 5.70. The fraction of sp³-hybridized carbons (Fsp3) is 0.417. The first-order valence-corrected chi connectivity index (χ1v) is 6.54. The van der Waals surface area contributed by atoms with Gasteiger partial charge in [-0.3, -0.25) is 4.79 Å². The Morgan fingerprint density at radius 3 is 3.00 bits per heavy atom. The molecule has 0 bridgehead atoms. The molecule has 2 aliphatic heterocycles. The molecule has 2 heterocycles. The highest BCUT2D eigenvalue weighted by atomic mass is 32.2. The molecule has 0 saturated carbocycles. The van der Waals surface area contributed by atoms with E-state index in [9.17, 15) is 4.79 Å². The van der Waals surface area contributed by atoms with E-state index in [-0.39, 0.29) is 18.0 Å². The predicted molar refractivity (Wildman–Crippen MR) is 63.5 cm³/mol. The minimum Gasteiger partial charge on any atom is -0.481 e. The standard InChI is InChI=1S/C12H12O4S/c13-12(14)8-3-4-17-11(8)7-1-2-9-10(5-7)16-6-15-9/h1-2,5,8,11H,3-4,6H2,(H,13,14). The van der Waals surface area contributed by atoms with Crippen LogP contribution in [0.15, 0.2) is 18.2 Å². The summed E-state index contributed by atoms with van der Waals surface area (Å²) < 4.78 is 10.6. The molecule has 0 radical (unpaired) electrons. The van der Waals surface area contributed by atoms with Gasteiger partial charge in [0.15, 0.2) is 11.5 Å². The summed E-state index contributed by atoms with van der Waals surface area (Å²) in [4.78, 5) is 11.1. The second-order valence-electron chi connectivity index (χ2n) is 4.14. The van der Waals surface area contributed by atoms with Crippen LogP contribution in [-0.4, -0.2) is 23.6 Å². The van der Waals surface area contributed by atoms with Crippen LogP contribution in [0.3, 0.4) is 0 Å². The molecule has 3 rings (SSSR count). The minimum absolute atomic E-state index is 0.0296. The number of fused-ring (bicyclic) bond motifs is 1. The number of aliphatic carboxylic acids is 1. The first kappa shape index (κ1) is 10.8. The molecular weight excluding hydrogens is 240 g/mol. The van der Waals surface area contributed by atoms with Crippen LogP contribution in [0.1, 0.15) is 17.2 Å². The maximum Gasteiger partial charge on any atom is 0.307 e. The molecule has 1 fully saturated rings. The lowest BCUT2D eigenvalue weighted by molar-refractivity contribution is -0.141. The minimum atomic E-state index is -0.710. The van der Waals surface area contributed by atoms with Crippen molar-refractivity contribution >= 4 is 17.7 Å². The van der Waals surface area contributed by atoms with Gasteiger partial charge in [-0.05, 0) is 29.9 Å². The summed E-state index contributed by atoms with van der Waals surface area (Å²) in [5.41, 5.74) is 1.02. The summed E-state index contributed by atoms with van der Waals surface area (Å²) in [5, 5.41) is 9.20. The Morgan fingerprint density at radius 1 is 1.35 bits per heavy atom. The Morgan fingerprint density at radius 2 is 2.18 bits per heavy atom. The highest BCUT2D eigenvalue weighted by molar-refractivity contribution is 7.99. The van der Waals surface area contributed by atoms with E-state index in [1.807, 2.05) is 18.2 Å². The van der Waals surface area contributed by atoms with Crippen LogP contribution in [-0.2, 0) is 4.79 Å². The monoisotopic (exact) mass is 252 g/mol. The molecule has 0 amide bonds. The lowest BCUT2D eigenvalue weighted by Gasteiger charge is -2.15. The normalized spacial score (nSPS) is 26.1. The molecule has 4 nitrogen and oxygen atoms in total. The van der Waals surface area contributed by atoms with Crippen LogP contribution in [0, 0.1) is 5.92 Å². The number of hydrogen-bond donors (Lipinski definition) is 1. The largest absolute Gasteiger partial charge is 0.481 e. The maximum absolute atomic E-state index is 11.1. The molecule has 1 aromatic rings. The van der Waals surface area contributed by atoms with Crippen LogP contribution in [0.5, 0.6) is 11.5 Å². The summed E-state index contributed by atoms with van der Waals surface area (Å²) >= 11 is 1.70. The van der Waals surface area contributed by atoms with Gasteiger partial charge < -0.3 is 14.6 Å². The Labute approximate surface area is 103 Å². The van der Waals surface area contributed by atoms with Crippen molar-refractivity contribution in [1.82, 2.24) is 0 Å². The van der Waals surface area contributed by atoms with E-state index >= 15 is 0 Å². The number of carbonyl (C=O) groups is 1. The van der Waals surface area contributed by atoms with Crippen LogP contribution >= 0.6 is 11.8 Å². The van der Waals surface area contributed by atoms with E-state index in [1.165, 1.54) is 0 Å². The van der Waals surface area contributed by atoms with Crippen molar-refractivity contribution in [2.75, 3.05) is 12.5 Å². The second kappa shape index (κ2) is 4.14. The number of ether oxygens (including phenoxy) is 2. The molecule has 2 aliphatic rings. The highest BCUT2D eigenvalue weighted by Crippen LogP contribution is 2.47. The van der Waals surface area contributed by atoms with E-state index in [4.69, 9.17) is 14.6 Å². The van der Waals surface area contributed by atoms with Crippen molar-refractivity contribution in [1.29, 1.82) is 0 Å². The molecule has 1 N–H and O–H groups in total. The Balaban J connectivity index is 1.91. The number of benzene rings is 1. The number of carboxylic acids is 1. The fourth-order valence-electron chi connectivity index (χ4n) is 2.26. The SMILES string of the molecule is O=C(O)C1CCSC1c1ccc2c(c1)OCO2. The molecule has 17 heavy (non-hydrogen) atoms. The van der Waals surface area contributed by atoms with E-state index < -0.39 is 5.97 Å². The third-order valence-electron chi connectivity index (χ3n) is 3.13. The quantitative estimate of drug-likeness (QED) is 0.875. The van der Waals surface area contributed by atoms with Gasteiger partial charge in [-0.25, -0.2) is 0 Å². The highest BCUT2D eigenvalue weighted by Gasteiger charge is 2.35. The van der Waals surface area contributed by atoms with Gasteiger partial charge in [0.25, 0.3) is 0 Å². The van der Waals surface area contributed by atoms with Gasteiger partial charge in [-0.2, -0.15) is 11.8 Å². The first-order valence-electron chi connectivity index (χ1n) is 5.49. The number of thioether (sulfide) groups is 1. The van der Waals surface area contributed by atoms with Gasteiger partial charge in [-0.1, -0.05) is 6.07 Å². The molecule has 2 unspecified atom stereocenters. The molecular formula is C12H12O4S. The maximum atomic E-state index is 11.1. The van der Waals surface area contributed by atoms with Crippen molar-refractivity contribution in [3.8, 4) is 11.5 Å². The molecule has 90 valence electrons. The topological polar surface area (TPSA) is 55.8 Å². The molecule has 0 spiro atoms. The van der Waals surface area contributed by atoms with Crippen molar-refractivity contribution in [3.05, 3.63) is 23.8 Å². The lowest BCUT2D eigenvalue weighted by Crippen LogP contribution is -2.15. The van der Waals surface area contributed by atoms with E-state index in [2.05, 4.69) is 0 Å². The van der Waals surface area contributed by atoms with Gasteiger partial charge in [-0.15, -0.1) is 0 Å². The zero-order valence-corrected chi connectivity index (χ0v) is 9.90. The van der Waals surface area contributed by atoms with Crippen molar-refractivity contribution in [3.63, 3.8) is 0 Å². The number of carboxylic acid groups (broad SMARTS) is 1. The fourth-order valence-corrected chi connectivity index (χ4v) is 3.73. The number of hydrogen-bond acceptors (Lipinski definition) is 4. The average molecular weight is 252 g/mol. The van der Waals surface area contributed by atoms with Crippen molar-refractivity contribution in [2.24, 2.45) is 5.92 Å². The average Bonchev–Trinajstić information content (AvgIpc) is 2.96.